The van der Waals surface area contributed by atoms with Gasteiger partial charge in [0.1, 0.15) is 17.0 Å². The maximum Gasteiger partial charge on any atom is 0.419 e. The van der Waals surface area contributed by atoms with Gasteiger partial charge in [-0.2, -0.15) is 13.2 Å². The molecule has 1 fully saturated rings. The van der Waals surface area contributed by atoms with Crippen LogP contribution in [0, 0.1) is 0 Å². The highest BCUT2D eigenvalue weighted by Crippen LogP contribution is 2.40. The average Bonchev–Trinajstić information content (AvgIpc) is 3.28. The number of anilines is 4. The highest BCUT2D eigenvalue weighted by Gasteiger charge is 2.36. The van der Waals surface area contributed by atoms with Crippen molar-refractivity contribution in [2.24, 2.45) is 7.05 Å². The Morgan fingerprint density at radius 2 is 1.85 bits per heavy atom. The van der Waals surface area contributed by atoms with E-state index in [9.17, 15) is 13.2 Å². The van der Waals surface area contributed by atoms with Crippen LogP contribution in [0.3, 0.4) is 0 Å². The number of halogens is 3. The number of nitrogens with one attached hydrogen (secondary N) is 1. The molecular formula is C27H31F3N8O. The number of nitrogens with zero attached hydrogens (tertiary/aromatic N) is 6. The molecule has 1 saturated heterocycles. The van der Waals surface area contributed by atoms with E-state index in [1.54, 1.807) is 29.0 Å². The summed E-state index contributed by atoms with van der Waals surface area (Å²) in [6, 6.07) is 7.49. The molecule has 4 aromatic rings. The van der Waals surface area contributed by atoms with Crippen molar-refractivity contribution in [3.05, 3.63) is 48.4 Å². The van der Waals surface area contributed by atoms with Gasteiger partial charge in [0.2, 0.25) is 5.95 Å². The van der Waals surface area contributed by atoms with Crippen LogP contribution >= 0.6 is 0 Å². The second-order valence-electron chi connectivity index (χ2n) is 9.94. The number of rotatable bonds is 6. The third-order valence-corrected chi connectivity index (χ3v) is 7.21. The van der Waals surface area contributed by atoms with Crippen molar-refractivity contribution < 1.29 is 17.9 Å². The van der Waals surface area contributed by atoms with Crippen molar-refractivity contribution in [3.8, 4) is 17.0 Å². The number of hydrogen-bond acceptors (Lipinski definition) is 8. The molecular weight excluding hydrogens is 509 g/mol. The highest BCUT2D eigenvalue weighted by molar-refractivity contribution is 5.83. The summed E-state index contributed by atoms with van der Waals surface area (Å²) in [6.45, 7) is 1.71. The first-order valence-corrected chi connectivity index (χ1v) is 12.6. The molecule has 12 heteroatoms. The molecule has 1 aromatic carbocycles. The maximum absolute atomic E-state index is 13.9. The Morgan fingerprint density at radius 1 is 1.10 bits per heavy atom. The summed E-state index contributed by atoms with van der Waals surface area (Å²) in [5.74, 6) is 0.453. The third-order valence-electron chi connectivity index (χ3n) is 7.21. The number of aryl methyl sites for hydroxylation is 1. The molecule has 9 nitrogen and oxygen atoms in total. The van der Waals surface area contributed by atoms with Gasteiger partial charge < -0.3 is 30.2 Å². The number of fused-ring (bicyclic) bond motifs is 1. The summed E-state index contributed by atoms with van der Waals surface area (Å²) in [4.78, 5) is 17.0. The molecule has 5 rings (SSSR count). The third kappa shape index (κ3) is 5.29. The maximum atomic E-state index is 13.9. The minimum atomic E-state index is -4.65. The molecule has 0 amide bonds. The fourth-order valence-corrected chi connectivity index (χ4v) is 5.02. The van der Waals surface area contributed by atoms with Crippen molar-refractivity contribution in [2.45, 2.75) is 25.1 Å². The molecule has 39 heavy (non-hydrogen) atoms. The highest BCUT2D eigenvalue weighted by atomic mass is 19.4. The number of alkyl halides is 3. The molecule has 0 bridgehead atoms. The van der Waals surface area contributed by atoms with Gasteiger partial charge in [0.25, 0.3) is 0 Å². The molecule has 0 unspecified atom stereocenters. The van der Waals surface area contributed by atoms with Gasteiger partial charge in [-0.1, -0.05) is 0 Å². The zero-order valence-electron chi connectivity index (χ0n) is 22.3. The lowest BCUT2D eigenvalue weighted by Gasteiger charge is -2.37. The van der Waals surface area contributed by atoms with Gasteiger partial charge >= 0.3 is 6.18 Å². The van der Waals surface area contributed by atoms with E-state index in [1.807, 2.05) is 13.1 Å². The second kappa shape index (κ2) is 10.3. The number of aromatic nitrogens is 4. The van der Waals surface area contributed by atoms with Gasteiger partial charge in [0, 0.05) is 61.8 Å². The van der Waals surface area contributed by atoms with E-state index in [0.29, 0.717) is 34.2 Å². The molecule has 206 valence electrons. The van der Waals surface area contributed by atoms with Crippen molar-refractivity contribution in [2.75, 3.05) is 50.2 Å². The Labute approximate surface area is 224 Å². The summed E-state index contributed by atoms with van der Waals surface area (Å²) in [6.07, 6.45) is 1.34. The van der Waals surface area contributed by atoms with Crippen LogP contribution in [0.25, 0.3) is 22.3 Å². The fourth-order valence-electron chi connectivity index (χ4n) is 5.02. The SMILES string of the molecule is COc1cc(N2CCC(N(C)C)CC2)c(N)cc1Nc1ncc(C(F)(F)F)c(-c2cnc3c(ccn3C)c2)n1. The minimum Gasteiger partial charge on any atom is -0.494 e. The monoisotopic (exact) mass is 540 g/mol. The van der Waals surface area contributed by atoms with Crippen LogP contribution in [-0.2, 0) is 13.2 Å². The zero-order valence-corrected chi connectivity index (χ0v) is 22.3. The standard InChI is InChI=1S/C27H31F3N8O/c1-36(2)18-6-9-38(10-7-18)22-13-23(39-4)21(12-20(22)31)34-26-33-15-19(27(28,29)30)24(35-26)17-11-16-5-8-37(3)25(16)32-14-17/h5,8,11-15,18H,6-7,9-10,31H2,1-4H3,(H,33,34,35). The predicted molar refractivity (Wildman–Crippen MR) is 146 cm³/mol. The van der Waals surface area contributed by atoms with Gasteiger partial charge in [-0.05, 0) is 45.1 Å². The smallest absolute Gasteiger partial charge is 0.419 e. The Kier molecular flexibility index (Phi) is 6.98. The van der Waals surface area contributed by atoms with E-state index in [2.05, 4.69) is 44.2 Å². The van der Waals surface area contributed by atoms with E-state index in [1.165, 1.54) is 13.3 Å². The van der Waals surface area contributed by atoms with Crippen molar-refractivity contribution in [1.82, 2.24) is 24.4 Å². The predicted octanol–water partition coefficient (Wildman–Crippen LogP) is 4.91. The van der Waals surface area contributed by atoms with Crippen LogP contribution in [0.2, 0.25) is 0 Å². The molecule has 0 atom stereocenters. The quantitative estimate of drug-likeness (QED) is 0.333. The van der Waals surface area contributed by atoms with Crippen LogP contribution in [0.5, 0.6) is 5.75 Å². The van der Waals surface area contributed by atoms with Crippen molar-refractivity contribution in [1.29, 1.82) is 0 Å². The summed E-state index contributed by atoms with van der Waals surface area (Å²) < 4.78 is 49.1. The van der Waals surface area contributed by atoms with Crippen molar-refractivity contribution >= 4 is 34.0 Å². The Bertz CT molecular complexity index is 1490. The molecule has 0 saturated carbocycles. The Morgan fingerprint density at radius 3 is 2.51 bits per heavy atom. The van der Waals surface area contributed by atoms with Gasteiger partial charge in [-0.15, -0.1) is 0 Å². The summed E-state index contributed by atoms with van der Waals surface area (Å²) in [7, 11) is 7.52. The van der Waals surface area contributed by atoms with Gasteiger partial charge in [-0.25, -0.2) is 15.0 Å². The largest absolute Gasteiger partial charge is 0.494 e. The first-order chi connectivity index (χ1) is 18.5. The molecule has 4 heterocycles. The van der Waals surface area contributed by atoms with E-state index in [0.717, 1.165) is 37.8 Å². The molecule has 1 aliphatic rings. The number of pyridine rings is 1. The van der Waals surface area contributed by atoms with E-state index in [4.69, 9.17) is 10.5 Å². The lowest BCUT2D eigenvalue weighted by Crippen LogP contribution is -2.42. The first kappa shape index (κ1) is 26.5. The molecule has 0 radical (unpaired) electrons. The number of hydrogen-bond donors (Lipinski definition) is 2. The second-order valence-corrected chi connectivity index (χ2v) is 9.94. The lowest BCUT2D eigenvalue weighted by atomic mass is 10.0. The van der Waals surface area contributed by atoms with E-state index in [-0.39, 0.29) is 17.2 Å². The van der Waals surface area contributed by atoms with Gasteiger partial charge in [0.05, 0.1) is 29.9 Å². The Balaban J connectivity index is 1.47. The number of ether oxygens (including phenoxy) is 1. The molecule has 0 spiro atoms. The van der Waals surface area contributed by atoms with Crippen LogP contribution in [0.15, 0.2) is 42.9 Å². The van der Waals surface area contributed by atoms with E-state index < -0.39 is 11.7 Å². The lowest BCUT2D eigenvalue weighted by molar-refractivity contribution is -0.137. The Hall–Kier alpha value is -4.06. The fraction of sp³-hybridized carbons (Fsp3) is 0.370. The molecule has 0 aliphatic carbocycles. The minimum absolute atomic E-state index is 0.0246. The normalized spacial score (nSPS) is 14.8. The number of nitrogen functional groups attached to an aromatic ring is 1. The van der Waals surface area contributed by atoms with Crippen LogP contribution in [0.1, 0.15) is 18.4 Å². The van der Waals surface area contributed by atoms with Crippen molar-refractivity contribution in [3.63, 3.8) is 0 Å². The number of methoxy groups -OCH3 is 1. The van der Waals surface area contributed by atoms with E-state index >= 15 is 0 Å². The zero-order chi connectivity index (χ0) is 27.9. The molecule has 1 aliphatic heterocycles. The van der Waals surface area contributed by atoms with Gasteiger partial charge in [0.15, 0.2) is 0 Å². The van der Waals surface area contributed by atoms with Crippen LogP contribution < -0.4 is 20.7 Å². The number of piperidine rings is 1. The molecule has 3 aromatic heterocycles. The molecule has 3 N–H and O–H groups in total. The van der Waals surface area contributed by atoms with Crippen LogP contribution in [-0.4, -0.2) is 64.8 Å². The average molecular weight is 541 g/mol. The summed E-state index contributed by atoms with van der Waals surface area (Å²) >= 11 is 0. The van der Waals surface area contributed by atoms with Crippen LogP contribution in [0.4, 0.5) is 36.2 Å². The first-order valence-electron chi connectivity index (χ1n) is 12.6. The topological polar surface area (TPSA) is 97.4 Å². The summed E-state index contributed by atoms with van der Waals surface area (Å²) in [5.41, 5.74) is 7.92. The van der Waals surface area contributed by atoms with Gasteiger partial charge in [-0.3, -0.25) is 0 Å². The number of benzene rings is 1. The summed E-state index contributed by atoms with van der Waals surface area (Å²) in [5, 5.41) is 3.71. The number of nitrogens with two attached hydrogens (primary N) is 1.